The van der Waals surface area contributed by atoms with Crippen molar-refractivity contribution in [3.05, 3.63) is 46.0 Å². The Kier molecular flexibility index (Phi) is 4.31. The van der Waals surface area contributed by atoms with Gasteiger partial charge in [0, 0.05) is 36.8 Å². The van der Waals surface area contributed by atoms with E-state index in [-0.39, 0.29) is 0 Å². The van der Waals surface area contributed by atoms with Crippen LogP contribution in [0.25, 0.3) is 10.9 Å². The third-order valence-corrected chi connectivity index (χ3v) is 4.37. The summed E-state index contributed by atoms with van der Waals surface area (Å²) in [5, 5.41) is 12.7. The smallest absolute Gasteiger partial charge is 0.0897 e. The molecule has 2 heterocycles. The minimum absolute atomic E-state index is 0.802. The van der Waals surface area contributed by atoms with Crippen molar-refractivity contribution in [3.8, 4) is 0 Å². The summed E-state index contributed by atoms with van der Waals surface area (Å²) in [4.78, 5) is 4.48. The van der Waals surface area contributed by atoms with Gasteiger partial charge in [0.25, 0.3) is 0 Å². The topological polar surface area (TPSA) is 42.7 Å². The Balaban J connectivity index is 1.63. The van der Waals surface area contributed by atoms with Crippen molar-refractivity contribution in [2.45, 2.75) is 33.4 Å². The number of para-hydroxylation sites is 1. The summed E-state index contributed by atoms with van der Waals surface area (Å²) in [6.45, 7) is 6.80. The maximum absolute atomic E-state index is 4.70. The summed E-state index contributed by atoms with van der Waals surface area (Å²) < 4.78 is 2.07. The van der Waals surface area contributed by atoms with E-state index < -0.39 is 0 Å². The molecule has 3 rings (SSSR count). The SMILES string of the molecule is CCn1nc(CNCCc2csc(C)n2)c2ccccc21. The van der Waals surface area contributed by atoms with Gasteiger partial charge in [0.05, 0.1) is 21.9 Å². The third-order valence-electron chi connectivity index (χ3n) is 3.55. The number of nitrogens with one attached hydrogen (secondary N) is 1. The second-order valence-electron chi connectivity index (χ2n) is 5.06. The van der Waals surface area contributed by atoms with Crippen molar-refractivity contribution in [1.29, 1.82) is 0 Å². The molecule has 0 spiro atoms. The largest absolute Gasteiger partial charge is 0.311 e. The fraction of sp³-hybridized carbons (Fsp3) is 0.375. The molecule has 0 bridgehead atoms. The molecule has 0 radical (unpaired) electrons. The molecule has 0 unspecified atom stereocenters. The number of aryl methyl sites for hydroxylation is 2. The van der Waals surface area contributed by atoms with Crippen LogP contribution in [0.5, 0.6) is 0 Å². The Morgan fingerprint density at radius 1 is 1.29 bits per heavy atom. The highest BCUT2D eigenvalue weighted by molar-refractivity contribution is 7.09. The molecule has 4 nitrogen and oxygen atoms in total. The van der Waals surface area contributed by atoms with E-state index in [1.165, 1.54) is 16.6 Å². The van der Waals surface area contributed by atoms with Crippen molar-refractivity contribution in [2.75, 3.05) is 6.54 Å². The number of hydrogen-bond donors (Lipinski definition) is 1. The third kappa shape index (κ3) is 3.14. The molecule has 2 aromatic heterocycles. The lowest BCUT2D eigenvalue weighted by atomic mass is 10.2. The zero-order valence-electron chi connectivity index (χ0n) is 12.5. The normalized spacial score (nSPS) is 11.3. The summed E-state index contributed by atoms with van der Waals surface area (Å²) in [5.41, 5.74) is 3.52. The molecule has 1 N–H and O–H groups in total. The maximum Gasteiger partial charge on any atom is 0.0897 e. The van der Waals surface area contributed by atoms with Gasteiger partial charge in [0.2, 0.25) is 0 Å². The zero-order chi connectivity index (χ0) is 14.7. The van der Waals surface area contributed by atoms with E-state index in [1.54, 1.807) is 11.3 Å². The van der Waals surface area contributed by atoms with Crippen LogP contribution in [-0.4, -0.2) is 21.3 Å². The van der Waals surface area contributed by atoms with Crippen molar-refractivity contribution in [2.24, 2.45) is 0 Å². The van der Waals surface area contributed by atoms with E-state index in [0.29, 0.717) is 0 Å². The van der Waals surface area contributed by atoms with E-state index in [2.05, 4.69) is 51.6 Å². The fourth-order valence-corrected chi connectivity index (χ4v) is 3.16. The molecule has 0 aliphatic carbocycles. The molecular weight excluding hydrogens is 280 g/mol. The van der Waals surface area contributed by atoms with Crippen LogP contribution < -0.4 is 5.32 Å². The molecule has 0 saturated carbocycles. The van der Waals surface area contributed by atoms with Gasteiger partial charge in [0.15, 0.2) is 0 Å². The minimum Gasteiger partial charge on any atom is -0.311 e. The molecule has 0 aliphatic heterocycles. The number of nitrogens with zero attached hydrogens (tertiary/aromatic N) is 3. The first-order valence-corrected chi connectivity index (χ1v) is 8.22. The van der Waals surface area contributed by atoms with Gasteiger partial charge in [-0.2, -0.15) is 5.10 Å². The van der Waals surface area contributed by atoms with Gasteiger partial charge in [-0.05, 0) is 19.9 Å². The van der Waals surface area contributed by atoms with Crippen LogP contribution in [0.4, 0.5) is 0 Å². The monoisotopic (exact) mass is 300 g/mol. The number of hydrogen-bond acceptors (Lipinski definition) is 4. The van der Waals surface area contributed by atoms with Crippen LogP contribution in [0.15, 0.2) is 29.6 Å². The number of thiazole rings is 1. The van der Waals surface area contributed by atoms with Gasteiger partial charge < -0.3 is 5.32 Å². The van der Waals surface area contributed by atoms with Crippen molar-refractivity contribution in [1.82, 2.24) is 20.1 Å². The highest BCUT2D eigenvalue weighted by atomic mass is 32.1. The molecule has 0 fully saturated rings. The van der Waals surface area contributed by atoms with E-state index in [9.17, 15) is 0 Å². The Morgan fingerprint density at radius 2 is 2.14 bits per heavy atom. The van der Waals surface area contributed by atoms with Gasteiger partial charge in [-0.25, -0.2) is 4.98 Å². The van der Waals surface area contributed by atoms with Crippen LogP contribution >= 0.6 is 11.3 Å². The maximum atomic E-state index is 4.70. The van der Waals surface area contributed by atoms with Crippen LogP contribution in [-0.2, 0) is 19.5 Å². The number of rotatable bonds is 6. The highest BCUT2D eigenvalue weighted by Gasteiger charge is 2.08. The summed E-state index contributed by atoms with van der Waals surface area (Å²) in [5.74, 6) is 0. The highest BCUT2D eigenvalue weighted by Crippen LogP contribution is 2.18. The minimum atomic E-state index is 0.802. The average Bonchev–Trinajstić information content (AvgIpc) is 3.07. The molecule has 5 heteroatoms. The predicted octanol–water partition coefficient (Wildman–Crippen LogP) is 3.15. The van der Waals surface area contributed by atoms with E-state index in [1.807, 2.05) is 6.92 Å². The van der Waals surface area contributed by atoms with E-state index in [0.717, 1.165) is 36.8 Å². The quantitative estimate of drug-likeness (QED) is 0.711. The van der Waals surface area contributed by atoms with Crippen LogP contribution in [0.2, 0.25) is 0 Å². The summed E-state index contributed by atoms with van der Waals surface area (Å²) >= 11 is 1.71. The van der Waals surface area contributed by atoms with Crippen molar-refractivity contribution < 1.29 is 0 Å². The predicted molar refractivity (Wildman–Crippen MR) is 87.7 cm³/mol. The van der Waals surface area contributed by atoms with Crippen LogP contribution in [0, 0.1) is 6.92 Å². The summed E-state index contributed by atoms with van der Waals surface area (Å²) in [6, 6.07) is 8.42. The van der Waals surface area contributed by atoms with E-state index in [4.69, 9.17) is 5.10 Å². The Morgan fingerprint density at radius 3 is 2.90 bits per heavy atom. The fourth-order valence-electron chi connectivity index (χ4n) is 2.51. The van der Waals surface area contributed by atoms with Crippen LogP contribution in [0.1, 0.15) is 23.3 Å². The molecule has 0 aliphatic rings. The molecule has 0 saturated heterocycles. The van der Waals surface area contributed by atoms with Crippen LogP contribution in [0.3, 0.4) is 0 Å². The molecule has 21 heavy (non-hydrogen) atoms. The number of fused-ring (bicyclic) bond motifs is 1. The molecular formula is C16H20N4S. The van der Waals surface area contributed by atoms with Gasteiger partial charge in [-0.15, -0.1) is 11.3 Å². The van der Waals surface area contributed by atoms with Gasteiger partial charge in [-0.1, -0.05) is 18.2 Å². The van der Waals surface area contributed by atoms with E-state index >= 15 is 0 Å². The first-order chi connectivity index (χ1) is 10.3. The van der Waals surface area contributed by atoms with Crippen molar-refractivity contribution in [3.63, 3.8) is 0 Å². The second-order valence-corrected chi connectivity index (χ2v) is 6.13. The number of aromatic nitrogens is 3. The Bertz CT molecular complexity index is 729. The Labute approximate surface area is 128 Å². The first-order valence-electron chi connectivity index (χ1n) is 7.34. The molecule has 0 atom stereocenters. The van der Waals surface area contributed by atoms with Gasteiger partial charge >= 0.3 is 0 Å². The van der Waals surface area contributed by atoms with Gasteiger partial charge in [-0.3, -0.25) is 4.68 Å². The summed E-state index contributed by atoms with van der Waals surface area (Å²) in [7, 11) is 0. The molecule has 0 amide bonds. The standard InChI is InChI=1S/C16H20N4S/c1-3-20-16-7-5-4-6-14(16)15(19-20)10-17-9-8-13-11-21-12(2)18-13/h4-7,11,17H,3,8-10H2,1-2H3. The average molecular weight is 300 g/mol. The first kappa shape index (κ1) is 14.2. The lowest BCUT2D eigenvalue weighted by Gasteiger charge is -2.01. The lowest BCUT2D eigenvalue weighted by molar-refractivity contribution is 0.629. The molecule has 1 aromatic carbocycles. The lowest BCUT2D eigenvalue weighted by Crippen LogP contribution is -2.17. The van der Waals surface area contributed by atoms with Crippen molar-refractivity contribution >= 4 is 22.2 Å². The summed E-state index contributed by atoms with van der Waals surface area (Å²) in [6.07, 6.45) is 0.969. The number of benzene rings is 1. The zero-order valence-corrected chi connectivity index (χ0v) is 13.3. The Hall–Kier alpha value is -1.72. The second kappa shape index (κ2) is 6.37. The van der Waals surface area contributed by atoms with Gasteiger partial charge in [0.1, 0.15) is 0 Å². The molecule has 3 aromatic rings. The molecule has 110 valence electrons.